The summed E-state index contributed by atoms with van der Waals surface area (Å²) < 4.78 is 0. The molecule has 2 rings (SSSR count). The molecule has 2 nitrogen and oxygen atoms in total. The Labute approximate surface area is 123 Å². The fourth-order valence-corrected chi connectivity index (χ4v) is 2.75. The number of nitrogens with zero attached hydrogens (tertiary/aromatic N) is 1. The number of para-hydroxylation sites is 2. The number of benzene rings is 1. The lowest BCUT2D eigenvalue weighted by Crippen LogP contribution is -1.96. The summed E-state index contributed by atoms with van der Waals surface area (Å²) in [5, 5.41) is 0. The molecule has 1 aromatic heterocycles. The summed E-state index contributed by atoms with van der Waals surface area (Å²) in [6.45, 7) is 4.56. The fraction of sp³-hybridized carbons (Fsp3) is 0.611. The van der Waals surface area contributed by atoms with E-state index in [1.165, 1.54) is 51.4 Å². The van der Waals surface area contributed by atoms with E-state index in [1.54, 1.807) is 0 Å². The Morgan fingerprint density at radius 2 is 1.70 bits per heavy atom. The Balaban J connectivity index is 1.70. The van der Waals surface area contributed by atoms with Crippen molar-refractivity contribution >= 4 is 11.0 Å². The summed E-state index contributed by atoms with van der Waals surface area (Å²) >= 11 is 0. The van der Waals surface area contributed by atoms with E-state index < -0.39 is 0 Å². The van der Waals surface area contributed by atoms with E-state index in [0.29, 0.717) is 5.92 Å². The van der Waals surface area contributed by atoms with E-state index in [2.05, 4.69) is 37.0 Å². The Morgan fingerprint density at radius 3 is 2.45 bits per heavy atom. The number of aromatic amines is 1. The number of H-pyrrole nitrogens is 1. The van der Waals surface area contributed by atoms with Gasteiger partial charge in [0.15, 0.2) is 0 Å². The summed E-state index contributed by atoms with van der Waals surface area (Å²) in [5.74, 6) is 1.69. The minimum absolute atomic E-state index is 0.540. The number of rotatable bonds is 9. The van der Waals surface area contributed by atoms with Gasteiger partial charge in [0.25, 0.3) is 0 Å². The summed E-state index contributed by atoms with van der Waals surface area (Å²) in [5.41, 5.74) is 2.25. The molecule has 20 heavy (non-hydrogen) atoms. The molecule has 0 aliphatic heterocycles. The third kappa shape index (κ3) is 4.36. The molecular weight excluding hydrogens is 244 g/mol. The molecule has 0 saturated heterocycles. The molecule has 2 aromatic rings. The van der Waals surface area contributed by atoms with Crippen LogP contribution >= 0.6 is 0 Å². The highest BCUT2D eigenvalue weighted by Crippen LogP contribution is 2.22. The first-order chi connectivity index (χ1) is 9.81. The Bertz CT molecular complexity index is 468. The van der Waals surface area contributed by atoms with Gasteiger partial charge in [-0.2, -0.15) is 0 Å². The molecule has 2 heteroatoms. The topological polar surface area (TPSA) is 28.7 Å². The maximum atomic E-state index is 4.70. The molecule has 1 aromatic carbocycles. The molecule has 110 valence electrons. The van der Waals surface area contributed by atoms with E-state index >= 15 is 0 Å². The monoisotopic (exact) mass is 272 g/mol. The highest BCUT2D eigenvalue weighted by Gasteiger charge is 2.10. The predicted molar refractivity (Wildman–Crippen MR) is 87.1 cm³/mol. The van der Waals surface area contributed by atoms with Crippen LogP contribution in [0.1, 0.15) is 77.0 Å². The average Bonchev–Trinajstić information content (AvgIpc) is 2.90. The van der Waals surface area contributed by atoms with Crippen LogP contribution in [0.25, 0.3) is 11.0 Å². The number of nitrogens with one attached hydrogen (secondary N) is 1. The highest BCUT2D eigenvalue weighted by atomic mass is 14.9. The van der Waals surface area contributed by atoms with Gasteiger partial charge in [-0.05, 0) is 18.6 Å². The van der Waals surface area contributed by atoms with Crippen LogP contribution in [-0.2, 0) is 0 Å². The zero-order valence-corrected chi connectivity index (χ0v) is 13.0. The quantitative estimate of drug-likeness (QED) is 0.573. The van der Waals surface area contributed by atoms with Gasteiger partial charge in [0.2, 0.25) is 0 Å². The standard InChI is InChI=1S/C18H28N2/c1-3-4-5-6-7-8-9-12-15(2)18-19-16-13-10-11-14-17(16)20-18/h10-11,13-15H,3-9,12H2,1-2H3,(H,19,20). The van der Waals surface area contributed by atoms with E-state index in [-0.39, 0.29) is 0 Å². The van der Waals surface area contributed by atoms with Gasteiger partial charge in [-0.15, -0.1) is 0 Å². The van der Waals surface area contributed by atoms with Gasteiger partial charge in [0.1, 0.15) is 5.82 Å². The summed E-state index contributed by atoms with van der Waals surface area (Å²) in [4.78, 5) is 8.15. The zero-order valence-electron chi connectivity index (χ0n) is 13.0. The fourth-order valence-electron chi connectivity index (χ4n) is 2.75. The summed E-state index contributed by atoms with van der Waals surface area (Å²) in [6.07, 6.45) is 10.9. The number of imidazole rings is 1. The molecule has 0 radical (unpaired) electrons. The summed E-state index contributed by atoms with van der Waals surface area (Å²) in [6, 6.07) is 8.29. The van der Waals surface area contributed by atoms with Crippen molar-refractivity contribution in [2.75, 3.05) is 0 Å². The van der Waals surface area contributed by atoms with Crippen molar-refractivity contribution in [3.8, 4) is 0 Å². The van der Waals surface area contributed by atoms with Gasteiger partial charge in [-0.3, -0.25) is 0 Å². The van der Waals surface area contributed by atoms with Crippen LogP contribution in [0.5, 0.6) is 0 Å². The Kier molecular flexibility index (Phi) is 6.10. The molecule has 1 heterocycles. The minimum atomic E-state index is 0.540. The van der Waals surface area contributed by atoms with E-state index in [0.717, 1.165) is 16.9 Å². The summed E-state index contributed by atoms with van der Waals surface area (Å²) in [7, 11) is 0. The third-order valence-corrected chi connectivity index (χ3v) is 4.12. The molecule has 0 aliphatic carbocycles. The minimum Gasteiger partial charge on any atom is -0.342 e. The number of fused-ring (bicyclic) bond motifs is 1. The van der Waals surface area contributed by atoms with Crippen molar-refractivity contribution in [2.24, 2.45) is 0 Å². The molecule has 1 N–H and O–H groups in total. The lowest BCUT2D eigenvalue weighted by Gasteiger charge is -2.08. The van der Waals surface area contributed by atoms with Crippen molar-refractivity contribution < 1.29 is 0 Å². The SMILES string of the molecule is CCCCCCCCCC(C)c1nc2ccccc2[nH]1. The first-order valence-corrected chi connectivity index (χ1v) is 8.26. The lowest BCUT2D eigenvalue weighted by atomic mass is 10.0. The van der Waals surface area contributed by atoms with Gasteiger partial charge < -0.3 is 4.98 Å². The smallest absolute Gasteiger partial charge is 0.110 e. The van der Waals surface area contributed by atoms with Gasteiger partial charge in [-0.25, -0.2) is 4.98 Å². The van der Waals surface area contributed by atoms with Crippen molar-refractivity contribution in [3.05, 3.63) is 30.1 Å². The van der Waals surface area contributed by atoms with Crippen LogP contribution < -0.4 is 0 Å². The second kappa shape index (κ2) is 8.08. The second-order valence-electron chi connectivity index (χ2n) is 5.95. The van der Waals surface area contributed by atoms with Gasteiger partial charge in [-0.1, -0.05) is 70.9 Å². The van der Waals surface area contributed by atoms with Crippen molar-refractivity contribution in [3.63, 3.8) is 0 Å². The molecule has 0 bridgehead atoms. The van der Waals surface area contributed by atoms with Crippen LogP contribution in [0, 0.1) is 0 Å². The van der Waals surface area contributed by atoms with Crippen molar-refractivity contribution in [2.45, 2.75) is 71.1 Å². The van der Waals surface area contributed by atoms with Gasteiger partial charge >= 0.3 is 0 Å². The lowest BCUT2D eigenvalue weighted by molar-refractivity contribution is 0.541. The van der Waals surface area contributed by atoms with E-state index in [1.807, 2.05) is 6.07 Å². The Hall–Kier alpha value is -1.31. The van der Waals surface area contributed by atoms with E-state index in [4.69, 9.17) is 4.98 Å². The molecule has 0 aliphatic rings. The predicted octanol–water partition coefficient (Wildman–Crippen LogP) is 5.81. The molecule has 0 saturated carbocycles. The second-order valence-corrected chi connectivity index (χ2v) is 5.95. The van der Waals surface area contributed by atoms with Crippen LogP contribution in [-0.4, -0.2) is 9.97 Å². The molecule has 1 atom stereocenters. The van der Waals surface area contributed by atoms with Crippen molar-refractivity contribution in [1.29, 1.82) is 0 Å². The maximum Gasteiger partial charge on any atom is 0.110 e. The molecule has 0 spiro atoms. The third-order valence-electron chi connectivity index (χ3n) is 4.12. The number of aromatic nitrogens is 2. The first kappa shape index (κ1) is 15.1. The van der Waals surface area contributed by atoms with Crippen LogP contribution in [0.2, 0.25) is 0 Å². The maximum absolute atomic E-state index is 4.70. The van der Waals surface area contributed by atoms with E-state index in [9.17, 15) is 0 Å². The molecule has 0 amide bonds. The Morgan fingerprint density at radius 1 is 1.00 bits per heavy atom. The molecule has 0 fully saturated rings. The average molecular weight is 272 g/mol. The molecular formula is C18H28N2. The van der Waals surface area contributed by atoms with Gasteiger partial charge in [0.05, 0.1) is 11.0 Å². The number of unbranched alkanes of at least 4 members (excludes halogenated alkanes) is 6. The normalized spacial score (nSPS) is 12.9. The van der Waals surface area contributed by atoms with Gasteiger partial charge in [0, 0.05) is 5.92 Å². The molecule has 1 unspecified atom stereocenters. The number of hydrogen-bond acceptors (Lipinski definition) is 1. The van der Waals surface area contributed by atoms with Crippen LogP contribution in [0.3, 0.4) is 0 Å². The van der Waals surface area contributed by atoms with Crippen molar-refractivity contribution in [1.82, 2.24) is 9.97 Å². The first-order valence-electron chi connectivity index (χ1n) is 8.26. The van der Waals surface area contributed by atoms with Crippen LogP contribution in [0.15, 0.2) is 24.3 Å². The highest BCUT2D eigenvalue weighted by molar-refractivity contribution is 5.74. The zero-order chi connectivity index (χ0) is 14.2. The van der Waals surface area contributed by atoms with Crippen LogP contribution in [0.4, 0.5) is 0 Å². The largest absolute Gasteiger partial charge is 0.342 e. The number of hydrogen-bond donors (Lipinski definition) is 1.